The number of nitrogens with zero attached hydrogens (tertiary/aromatic N) is 2. The maximum atomic E-state index is 12.1. The van der Waals surface area contributed by atoms with Gasteiger partial charge in [-0.25, -0.2) is 9.59 Å². The van der Waals surface area contributed by atoms with Crippen LogP contribution in [0.15, 0.2) is 46.4 Å². The molecule has 2 heterocycles. The molecule has 42 heavy (non-hydrogen) atoms. The number of carbonyl (C=O) groups excluding carboxylic acids is 6. The van der Waals surface area contributed by atoms with Crippen molar-refractivity contribution < 1.29 is 38.2 Å². The number of rotatable bonds is 11. The topological polar surface area (TPSA) is 194 Å². The average molecular weight is 577 g/mol. The van der Waals surface area contributed by atoms with Gasteiger partial charge in [-0.05, 0) is 48.2 Å². The second-order valence-electron chi connectivity index (χ2n) is 9.19. The molecule has 8 amide bonds. The van der Waals surface area contributed by atoms with Gasteiger partial charge in [0.1, 0.15) is 22.9 Å². The van der Waals surface area contributed by atoms with Crippen LogP contribution < -0.4 is 30.7 Å². The quantitative estimate of drug-likeness (QED) is 0.231. The normalized spacial score (nSPS) is 16.4. The Morgan fingerprint density at radius 1 is 0.619 bits per heavy atom. The molecule has 2 aromatic carbocycles. The Kier molecular flexibility index (Phi) is 9.37. The zero-order valence-corrected chi connectivity index (χ0v) is 22.8. The van der Waals surface area contributed by atoms with Crippen molar-refractivity contribution in [1.29, 1.82) is 0 Å². The van der Waals surface area contributed by atoms with Gasteiger partial charge in [-0.3, -0.25) is 50.4 Å². The minimum atomic E-state index is -1.28. The van der Waals surface area contributed by atoms with Crippen molar-refractivity contribution in [3.8, 4) is 22.6 Å². The van der Waals surface area contributed by atoms with Crippen LogP contribution in [0.1, 0.15) is 26.7 Å². The molecule has 0 atom stereocenters. The van der Waals surface area contributed by atoms with E-state index in [4.69, 9.17) is 9.47 Å². The van der Waals surface area contributed by atoms with Crippen LogP contribution in [0.4, 0.5) is 21.0 Å². The van der Waals surface area contributed by atoms with Gasteiger partial charge in [-0.1, -0.05) is 26.0 Å². The number of urea groups is 2. The van der Waals surface area contributed by atoms with E-state index in [2.05, 4.69) is 9.98 Å². The molecule has 0 saturated carbocycles. The molecule has 218 valence electrons. The van der Waals surface area contributed by atoms with Gasteiger partial charge in [0.05, 0.1) is 13.2 Å². The Balaban J connectivity index is 1.62. The van der Waals surface area contributed by atoms with Crippen molar-refractivity contribution in [2.45, 2.75) is 26.7 Å². The lowest BCUT2D eigenvalue weighted by atomic mass is 10.0. The third-order valence-electron chi connectivity index (χ3n) is 5.98. The number of barbiturate groups is 2. The van der Waals surface area contributed by atoms with E-state index in [-0.39, 0.29) is 0 Å². The van der Waals surface area contributed by atoms with Crippen molar-refractivity contribution >= 4 is 59.5 Å². The SMILES string of the molecule is CCCOc1cc(-c2ccc(N=CC3C(=O)NC(=O)NC3=O)c(OCCC)c2)ccc1N=CC1C(=O)NC(=O)NC1=O. The van der Waals surface area contributed by atoms with Crippen molar-refractivity contribution in [2.24, 2.45) is 21.8 Å². The van der Waals surface area contributed by atoms with E-state index >= 15 is 0 Å². The second-order valence-corrected chi connectivity index (χ2v) is 9.19. The third kappa shape index (κ3) is 7.02. The summed E-state index contributed by atoms with van der Waals surface area (Å²) in [5, 5.41) is 8.11. The number of aliphatic imine (C=N–C) groups is 2. The van der Waals surface area contributed by atoms with E-state index in [1.165, 1.54) is 0 Å². The molecule has 2 aliphatic heterocycles. The number of ether oxygens (including phenoxy) is 2. The van der Waals surface area contributed by atoms with Gasteiger partial charge in [0, 0.05) is 12.4 Å². The van der Waals surface area contributed by atoms with Crippen molar-refractivity contribution in [3.05, 3.63) is 36.4 Å². The minimum Gasteiger partial charge on any atom is -0.491 e. The molecule has 0 aliphatic carbocycles. The van der Waals surface area contributed by atoms with E-state index in [1.807, 2.05) is 35.1 Å². The summed E-state index contributed by atoms with van der Waals surface area (Å²) in [4.78, 5) is 79.4. The van der Waals surface area contributed by atoms with Crippen molar-refractivity contribution in [2.75, 3.05) is 13.2 Å². The molecule has 0 radical (unpaired) electrons. The molecule has 2 aliphatic rings. The van der Waals surface area contributed by atoms with Gasteiger partial charge in [-0.2, -0.15) is 0 Å². The molecule has 2 fully saturated rings. The zero-order valence-electron chi connectivity index (χ0n) is 22.8. The molecule has 0 spiro atoms. The molecule has 0 aromatic heterocycles. The fourth-order valence-corrected chi connectivity index (χ4v) is 3.90. The zero-order chi connectivity index (χ0) is 30.2. The number of hydrogen-bond acceptors (Lipinski definition) is 10. The lowest BCUT2D eigenvalue weighted by molar-refractivity contribution is -0.134. The van der Waals surface area contributed by atoms with Crippen molar-refractivity contribution in [3.63, 3.8) is 0 Å². The first-order valence-corrected chi connectivity index (χ1v) is 13.1. The minimum absolute atomic E-state index is 0.371. The molecule has 14 heteroatoms. The van der Waals surface area contributed by atoms with Crippen LogP contribution >= 0.6 is 0 Å². The molecule has 0 bridgehead atoms. The predicted octanol–water partition coefficient (Wildman–Crippen LogP) is 2.30. The highest BCUT2D eigenvalue weighted by molar-refractivity contribution is 6.24. The van der Waals surface area contributed by atoms with Crippen LogP contribution in [-0.2, 0) is 19.2 Å². The summed E-state index contributed by atoms with van der Waals surface area (Å²) in [5.74, 6) is -4.86. The Bertz CT molecular complexity index is 1350. The van der Waals surface area contributed by atoms with Crippen LogP contribution in [-0.4, -0.2) is 61.3 Å². The lowest BCUT2D eigenvalue weighted by Crippen LogP contribution is -2.56. The van der Waals surface area contributed by atoms with E-state index in [1.54, 1.807) is 36.4 Å². The first-order valence-electron chi connectivity index (χ1n) is 13.1. The van der Waals surface area contributed by atoms with Gasteiger partial charge in [0.2, 0.25) is 23.6 Å². The monoisotopic (exact) mass is 576 g/mol. The van der Waals surface area contributed by atoms with Gasteiger partial charge < -0.3 is 9.47 Å². The highest BCUT2D eigenvalue weighted by atomic mass is 16.5. The van der Waals surface area contributed by atoms with Crippen molar-refractivity contribution in [1.82, 2.24) is 21.3 Å². The Morgan fingerprint density at radius 3 is 1.31 bits per heavy atom. The predicted molar refractivity (Wildman–Crippen MR) is 150 cm³/mol. The maximum Gasteiger partial charge on any atom is 0.328 e. The van der Waals surface area contributed by atoms with Crippen LogP contribution in [0.25, 0.3) is 11.1 Å². The summed E-state index contributed by atoms with van der Waals surface area (Å²) < 4.78 is 11.8. The van der Waals surface area contributed by atoms with E-state index in [9.17, 15) is 28.8 Å². The summed E-state index contributed by atoms with van der Waals surface area (Å²) in [6.07, 6.45) is 3.74. The van der Waals surface area contributed by atoms with Gasteiger partial charge in [0.25, 0.3) is 0 Å². The Morgan fingerprint density at radius 2 is 0.976 bits per heavy atom. The highest BCUT2D eigenvalue weighted by Crippen LogP contribution is 2.37. The highest BCUT2D eigenvalue weighted by Gasteiger charge is 2.33. The second kappa shape index (κ2) is 13.3. The first-order chi connectivity index (χ1) is 20.2. The number of benzene rings is 2. The number of imide groups is 4. The largest absolute Gasteiger partial charge is 0.491 e. The molecule has 4 rings (SSSR count). The lowest BCUT2D eigenvalue weighted by Gasteiger charge is -2.17. The standard InChI is InChI=1S/C28H28N6O8/c1-3-9-41-21-11-15(5-7-19(21)29-13-17-23(35)31-27(39)32-24(17)36)16-6-8-20(22(12-16)42-10-4-2)30-14-18-25(37)33-28(40)34-26(18)38/h5-8,11-14,17-18H,3-4,9-10H2,1-2H3,(H2,31,32,35,36,39)(H2,33,34,37,38,40). The third-order valence-corrected chi connectivity index (χ3v) is 5.98. The fraction of sp³-hybridized carbons (Fsp3) is 0.286. The van der Waals surface area contributed by atoms with E-state index in [0.29, 0.717) is 36.1 Å². The van der Waals surface area contributed by atoms with Crippen LogP contribution in [0, 0.1) is 11.8 Å². The van der Waals surface area contributed by atoms with Gasteiger partial charge in [-0.15, -0.1) is 0 Å². The van der Waals surface area contributed by atoms with E-state index < -0.39 is 47.5 Å². The van der Waals surface area contributed by atoms with Crippen LogP contribution in [0.5, 0.6) is 11.5 Å². The maximum absolute atomic E-state index is 12.1. The summed E-state index contributed by atoms with van der Waals surface area (Å²) >= 11 is 0. The average Bonchev–Trinajstić information content (AvgIpc) is 2.94. The molecule has 4 N–H and O–H groups in total. The molecule has 14 nitrogen and oxygen atoms in total. The summed E-state index contributed by atoms with van der Waals surface area (Å²) in [6, 6.07) is 8.61. The summed E-state index contributed by atoms with van der Waals surface area (Å²) in [7, 11) is 0. The number of amides is 8. The molecular formula is C28H28N6O8. The molecule has 2 aromatic rings. The molecule has 2 saturated heterocycles. The Hall–Kier alpha value is -5.40. The molecule has 0 unspecified atom stereocenters. The number of nitrogens with one attached hydrogen (secondary N) is 4. The van der Waals surface area contributed by atoms with E-state index in [0.717, 1.165) is 36.4 Å². The first kappa shape index (κ1) is 29.6. The van der Waals surface area contributed by atoms with Gasteiger partial charge in [0.15, 0.2) is 11.8 Å². The van der Waals surface area contributed by atoms with Crippen LogP contribution in [0.2, 0.25) is 0 Å². The Labute approximate surface area is 240 Å². The smallest absolute Gasteiger partial charge is 0.328 e. The van der Waals surface area contributed by atoms with Crippen LogP contribution in [0.3, 0.4) is 0 Å². The summed E-state index contributed by atoms with van der Waals surface area (Å²) in [6.45, 7) is 4.65. The molecular weight excluding hydrogens is 548 g/mol. The summed E-state index contributed by atoms with van der Waals surface area (Å²) in [5.41, 5.74) is 2.22. The van der Waals surface area contributed by atoms with Gasteiger partial charge >= 0.3 is 12.1 Å². The fourth-order valence-electron chi connectivity index (χ4n) is 3.90. The number of carbonyl (C=O) groups is 6. The number of hydrogen-bond donors (Lipinski definition) is 4.